The average molecular weight is 918 g/mol. The third-order valence-corrected chi connectivity index (χ3v) is 14.6. The Morgan fingerprint density at radius 2 is 1.17 bits per heavy atom. The maximum atomic E-state index is 9.29. The second kappa shape index (κ2) is 15.9. The predicted molar refractivity (Wildman–Crippen MR) is 287 cm³/mol. The highest BCUT2D eigenvalue weighted by atomic mass is 16.5. The molecule has 0 saturated carbocycles. The highest BCUT2D eigenvalue weighted by molar-refractivity contribution is 6.09. The van der Waals surface area contributed by atoms with E-state index in [0.717, 1.165) is 55.5 Å². The SMILES string of the molecule is [2H]c1c([2H])c([2H])c(-c2cccc(-c3ccc4c(c3)C3c5ccccc5C4c4ccccc43)c2-[n+]2[c-]n(-c3cccc(Oc4ccc5c6ccccc6n(-c6cc(C(C)(C)C)ccn6)c5c4)c3)c3ccccc32)c([2H])c1[2H]. The topological polar surface area (TPSA) is 35.9 Å². The second-order valence-electron chi connectivity index (χ2n) is 19.7. The lowest BCUT2D eigenvalue weighted by molar-refractivity contribution is -0.571. The first-order valence-corrected chi connectivity index (χ1v) is 24.2. The van der Waals surface area contributed by atoms with Gasteiger partial charge < -0.3 is 4.74 Å². The first-order valence-electron chi connectivity index (χ1n) is 26.7. The van der Waals surface area contributed by atoms with E-state index in [1.807, 2.05) is 82.1 Å². The van der Waals surface area contributed by atoms with Gasteiger partial charge >= 0.3 is 0 Å². The van der Waals surface area contributed by atoms with Crippen LogP contribution in [0.5, 0.6) is 11.5 Å². The van der Waals surface area contributed by atoms with Crippen LogP contribution in [0.3, 0.4) is 0 Å². The van der Waals surface area contributed by atoms with E-state index < -0.39 is 18.1 Å². The van der Waals surface area contributed by atoms with E-state index in [1.165, 1.54) is 38.9 Å². The molecule has 71 heavy (non-hydrogen) atoms. The van der Waals surface area contributed by atoms with Crippen molar-refractivity contribution < 1.29 is 16.2 Å². The number of rotatable bonds is 7. The molecule has 338 valence electrons. The molecule has 0 unspecified atom stereocenters. The number of nitrogens with zero attached hydrogens (tertiary/aromatic N) is 4. The highest BCUT2D eigenvalue weighted by Gasteiger charge is 2.41. The van der Waals surface area contributed by atoms with Crippen LogP contribution in [0, 0.1) is 6.33 Å². The molecule has 3 aromatic heterocycles. The monoisotopic (exact) mass is 917 g/mol. The van der Waals surface area contributed by atoms with E-state index in [2.05, 4.69) is 153 Å². The number of benzene rings is 9. The van der Waals surface area contributed by atoms with Gasteiger partial charge in [-0.15, -0.1) is 0 Å². The summed E-state index contributed by atoms with van der Waals surface area (Å²) in [6.45, 7) is 6.64. The molecule has 0 N–H and O–H groups in total. The standard InChI is InChI=1S/C66H48N4O/c1-66(2,3)44-35-36-67-62(38-44)70-58-28-12-11-21-50(58)51-34-32-47(40-61(51)70)71-46-20-15-19-45(39-46)68-41-69(60-30-14-13-29-59(60)68)65-48(42-17-5-4-6-18-42)26-16-27-49(65)43-31-33-56-57(37-43)64-54-24-9-7-22-52(54)63(56)53-23-8-10-25-55(53)64/h4-40,63-64H,1-3H3/i4D,5D,6D,17D,18D. The molecule has 0 aliphatic heterocycles. The minimum atomic E-state index is -0.440. The van der Waals surface area contributed by atoms with Crippen LogP contribution in [-0.4, -0.2) is 14.1 Å². The predicted octanol–water partition coefficient (Wildman–Crippen LogP) is 15.6. The van der Waals surface area contributed by atoms with Gasteiger partial charge in [-0.05, 0) is 115 Å². The first kappa shape index (κ1) is 36.2. The fraction of sp³-hybridized carbons (Fsp3) is 0.0909. The van der Waals surface area contributed by atoms with Crippen molar-refractivity contribution in [3.63, 3.8) is 0 Å². The average Bonchev–Trinajstić information content (AvgIpc) is 4.14. The van der Waals surface area contributed by atoms with Crippen molar-refractivity contribution in [3.8, 4) is 50.9 Å². The van der Waals surface area contributed by atoms with Gasteiger partial charge in [-0.1, -0.05) is 184 Å². The summed E-state index contributed by atoms with van der Waals surface area (Å²) in [4.78, 5) is 4.88. The van der Waals surface area contributed by atoms with E-state index >= 15 is 0 Å². The Hall–Kier alpha value is -8.80. The Kier molecular flexibility index (Phi) is 8.10. The Morgan fingerprint density at radius 3 is 1.93 bits per heavy atom. The third-order valence-electron chi connectivity index (χ3n) is 14.6. The fourth-order valence-corrected chi connectivity index (χ4v) is 11.4. The largest absolute Gasteiger partial charge is 0.458 e. The van der Waals surface area contributed by atoms with Crippen molar-refractivity contribution in [3.05, 3.63) is 270 Å². The summed E-state index contributed by atoms with van der Waals surface area (Å²) >= 11 is 0. The lowest BCUT2D eigenvalue weighted by Crippen LogP contribution is -2.31. The Balaban J connectivity index is 0.922. The number of hydrogen-bond acceptors (Lipinski definition) is 2. The molecule has 3 heterocycles. The van der Waals surface area contributed by atoms with Gasteiger partial charge in [0.05, 0.1) is 40.3 Å². The minimum Gasteiger partial charge on any atom is -0.458 e. The molecule has 2 bridgehead atoms. The third kappa shape index (κ3) is 6.53. The molecule has 12 aromatic rings. The summed E-state index contributed by atoms with van der Waals surface area (Å²) in [7, 11) is 0. The maximum Gasteiger partial charge on any atom is 0.269 e. The van der Waals surface area contributed by atoms with Crippen molar-refractivity contribution in [2.45, 2.75) is 38.0 Å². The van der Waals surface area contributed by atoms with Crippen molar-refractivity contribution >= 4 is 32.8 Å². The molecule has 0 spiro atoms. The highest BCUT2D eigenvalue weighted by Crippen LogP contribution is 2.56. The number of hydrogen-bond donors (Lipinski definition) is 0. The summed E-state index contributed by atoms with van der Waals surface area (Å²) < 4.78 is 57.7. The zero-order valence-electron chi connectivity index (χ0n) is 44.3. The van der Waals surface area contributed by atoms with Crippen molar-refractivity contribution in [1.29, 1.82) is 0 Å². The number of imidazole rings is 1. The zero-order chi connectivity index (χ0) is 51.7. The summed E-state index contributed by atoms with van der Waals surface area (Å²) in [5, 5.41) is 2.22. The molecule has 3 aliphatic rings. The summed E-state index contributed by atoms with van der Waals surface area (Å²) in [6, 6.07) is 63.2. The fourth-order valence-electron chi connectivity index (χ4n) is 11.4. The molecule has 0 saturated heterocycles. The van der Waals surface area contributed by atoms with Gasteiger partial charge in [0.25, 0.3) is 6.33 Å². The van der Waals surface area contributed by atoms with Crippen molar-refractivity contribution in [1.82, 2.24) is 14.1 Å². The molecule has 3 aliphatic carbocycles. The van der Waals surface area contributed by atoms with Crippen LogP contribution in [-0.2, 0) is 5.41 Å². The minimum absolute atomic E-state index is 0.0326. The van der Waals surface area contributed by atoms with Crippen LogP contribution in [0.1, 0.15) is 78.4 Å². The first-order chi connectivity index (χ1) is 36.9. The number of para-hydroxylation sites is 4. The van der Waals surface area contributed by atoms with Crippen LogP contribution in [0.25, 0.3) is 72.3 Å². The normalized spacial score (nSPS) is 15.7. The maximum absolute atomic E-state index is 9.29. The van der Waals surface area contributed by atoms with Crippen molar-refractivity contribution in [2.24, 2.45) is 0 Å². The van der Waals surface area contributed by atoms with Gasteiger partial charge in [0, 0.05) is 34.9 Å². The molecule has 15 rings (SSSR count). The lowest BCUT2D eigenvalue weighted by Gasteiger charge is -2.42. The Labute approximate surface area is 420 Å². The van der Waals surface area contributed by atoms with E-state index in [9.17, 15) is 2.74 Å². The van der Waals surface area contributed by atoms with Gasteiger partial charge in [-0.25, -0.2) is 4.98 Å². The van der Waals surface area contributed by atoms with Crippen molar-refractivity contribution in [2.75, 3.05) is 0 Å². The summed E-state index contributed by atoms with van der Waals surface area (Å²) in [5.74, 6) is 2.26. The molecule has 9 aromatic carbocycles. The van der Waals surface area contributed by atoms with Crippen LogP contribution >= 0.6 is 0 Å². The molecule has 0 amide bonds. The van der Waals surface area contributed by atoms with Gasteiger partial charge in [-0.2, -0.15) is 0 Å². The van der Waals surface area contributed by atoms with E-state index in [0.29, 0.717) is 22.7 Å². The molecule has 0 atom stereocenters. The van der Waals surface area contributed by atoms with Gasteiger partial charge in [-0.3, -0.25) is 13.7 Å². The van der Waals surface area contributed by atoms with Crippen LogP contribution < -0.4 is 9.30 Å². The number of fused-ring (bicyclic) bond motifs is 4. The molecule has 0 radical (unpaired) electrons. The van der Waals surface area contributed by atoms with Gasteiger partial charge in [0.15, 0.2) is 0 Å². The van der Waals surface area contributed by atoms with Crippen LogP contribution in [0.4, 0.5) is 0 Å². The Bertz CT molecular complexity index is 4340. The zero-order valence-corrected chi connectivity index (χ0v) is 39.3. The lowest BCUT2D eigenvalue weighted by atomic mass is 9.61. The molecule has 5 heteroatoms. The van der Waals surface area contributed by atoms with Gasteiger partial charge in [0.2, 0.25) is 0 Å². The van der Waals surface area contributed by atoms with E-state index in [4.69, 9.17) is 13.8 Å². The van der Waals surface area contributed by atoms with E-state index in [-0.39, 0.29) is 34.9 Å². The summed E-state index contributed by atoms with van der Waals surface area (Å²) in [6.07, 6.45) is 5.61. The smallest absolute Gasteiger partial charge is 0.269 e. The molecular formula is C66H48N4O. The van der Waals surface area contributed by atoms with E-state index in [1.54, 1.807) is 0 Å². The number of ether oxygens (including phenoxy) is 1. The van der Waals surface area contributed by atoms with Gasteiger partial charge in [0.1, 0.15) is 17.3 Å². The number of pyridine rings is 1. The summed E-state index contributed by atoms with van der Waals surface area (Å²) in [5.41, 5.74) is 16.4. The Morgan fingerprint density at radius 1 is 0.535 bits per heavy atom. The van der Waals surface area contributed by atoms with Crippen LogP contribution in [0.2, 0.25) is 0 Å². The molecule has 5 nitrogen and oxygen atoms in total. The van der Waals surface area contributed by atoms with Crippen LogP contribution in [0.15, 0.2) is 224 Å². The quantitative estimate of drug-likeness (QED) is 0.118. The second-order valence-corrected chi connectivity index (χ2v) is 19.7. The molecule has 0 fully saturated rings. The molecular weight excluding hydrogens is 865 g/mol. The number of aromatic nitrogens is 4.